The lowest BCUT2D eigenvalue weighted by Gasteiger charge is -2.16. The number of hydrogen-bond donors (Lipinski definition) is 1. The van der Waals surface area contributed by atoms with Crippen molar-refractivity contribution in [2.24, 2.45) is 0 Å². The molecule has 0 spiro atoms. The summed E-state index contributed by atoms with van der Waals surface area (Å²) in [6.45, 7) is 1.78. The fourth-order valence-corrected chi connectivity index (χ4v) is 3.18. The molecule has 7 heteroatoms. The van der Waals surface area contributed by atoms with Crippen molar-refractivity contribution in [3.63, 3.8) is 0 Å². The Hall–Kier alpha value is -3.64. The Balaban J connectivity index is 1.55. The SMILES string of the molecule is Cc1ccccc1OCC(=O)N[C@@H](c1ccc(Cl)cc1)c1nnc(-c2ccccc2)o1. The first-order valence-electron chi connectivity index (χ1n) is 9.72. The van der Waals surface area contributed by atoms with Crippen LogP contribution in [0.15, 0.2) is 83.3 Å². The second-order valence-electron chi connectivity index (χ2n) is 6.92. The summed E-state index contributed by atoms with van der Waals surface area (Å²) in [6, 6.07) is 23.4. The highest BCUT2D eigenvalue weighted by molar-refractivity contribution is 6.30. The molecule has 4 aromatic rings. The molecular formula is C24H20ClN3O3. The summed E-state index contributed by atoms with van der Waals surface area (Å²) in [4.78, 5) is 12.7. The summed E-state index contributed by atoms with van der Waals surface area (Å²) in [5.41, 5.74) is 2.51. The van der Waals surface area contributed by atoms with E-state index in [0.29, 0.717) is 16.7 Å². The highest BCUT2D eigenvalue weighted by Gasteiger charge is 2.24. The summed E-state index contributed by atoms with van der Waals surface area (Å²) in [7, 11) is 0. The van der Waals surface area contributed by atoms with Gasteiger partial charge in [-0.3, -0.25) is 4.79 Å². The topological polar surface area (TPSA) is 77.2 Å². The first kappa shape index (κ1) is 20.6. The number of ether oxygens (including phenoxy) is 1. The van der Waals surface area contributed by atoms with Crippen LogP contribution in [0, 0.1) is 6.92 Å². The molecule has 0 saturated heterocycles. The quantitative estimate of drug-likeness (QED) is 0.444. The maximum atomic E-state index is 12.7. The van der Waals surface area contributed by atoms with Crippen LogP contribution in [0.25, 0.3) is 11.5 Å². The van der Waals surface area contributed by atoms with Crippen molar-refractivity contribution in [1.29, 1.82) is 0 Å². The number of para-hydroxylation sites is 1. The number of benzene rings is 3. The molecule has 3 aromatic carbocycles. The molecule has 31 heavy (non-hydrogen) atoms. The zero-order valence-electron chi connectivity index (χ0n) is 16.8. The maximum Gasteiger partial charge on any atom is 0.258 e. The molecule has 0 aliphatic rings. The van der Waals surface area contributed by atoms with Gasteiger partial charge in [-0.2, -0.15) is 0 Å². The Kier molecular flexibility index (Phi) is 6.29. The van der Waals surface area contributed by atoms with Gasteiger partial charge in [0.1, 0.15) is 11.8 Å². The zero-order valence-corrected chi connectivity index (χ0v) is 17.5. The van der Waals surface area contributed by atoms with Crippen LogP contribution in [0.4, 0.5) is 0 Å². The summed E-state index contributed by atoms with van der Waals surface area (Å²) >= 11 is 6.03. The number of halogens is 1. The monoisotopic (exact) mass is 433 g/mol. The van der Waals surface area contributed by atoms with Crippen molar-refractivity contribution in [2.45, 2.75) is 13.0 Å². The van der Waals surface area contributed by atoms with E-state index in [1.54, 1.807) is 12.1 Å². The van der Waals surface area contributed by atoms with Gasteiger partial charge in [-0.1, -0.05) is 60.1 Å². The molecule has 0 aliphatic carbocycles. The Morgan fingerprint density at radius 3 is 2.45 bits per heavy atom. The molecule has 1 N–H and O–H groups in total. The largest absolute Gasteiger partial charge is 0.484 e. The molecule has 1 aromatic heterocycles. The molecule has 1 amide bonds. The highest BCUT2D eigenvalue weighted by atomic mass is 35.5. The normalized spacial score (nSPS) is 11.7. The molecular weight excluding hydrogens is 414 g/mol. The van der Waals surface area contributed by atoms with Crippen LogP contribution in [0.2, 0.25) is 5.02 Å². The van der Waals surface area contributed by atoms with Gasteiger partial charge in [0.2, 0.25) is 11.8 Å². The Labute approximate surface area is 184 Å². The third-order valence-corrected chi connectivity index (χ3v) is 4.92. The minimum absolute atomic E-state index is 0.144. The fourth-order valence-electron chi connectivity index (χ4n) is 3.06. The van der Waals surface area contributed by atoms with E-state index >= 15 is 0 Å². The smallest absolute Gasteiger partial charge is 0.258 e. The molecule has 0 bridgehead atoms. The molecule has 0 aliphatic heterocycles. The minimum Gasteiger partial charge on any atom is -0.484 e. The molecule has 1 atom stereocenters. The molecule has 0 radical (unpaired) electrons. The van der Waals surface area contributed by atoms with Gasteiger partial charge in [0, 0.05) is 10.6 Å². The van der Waals surface area contributed by atoms with E-state index in [1.807, 2.05) is 73.7 Å². The standard InChI is InChI=1S/C24H20ClN3O3/c1-16-7-5-6-10-20(16)30-15-21(29)26-22(17-11-13-19(25)14-12-17)24-28-27-23(31-24)18-8-3-2-4-9-18/h2-14,22H,15H2,1H3,(H,26,29)/t22-/m0/s1. The van der Waals surface area contributed by atoms with E-state index in [1.165, 1.54) is 0 Å². The first-order valence-corrected chi connectivity index (χ1v) is 10.1. The number of nitrogens with zero attached hydrogens (tertiary/aromatic N) is 2. The van der Waals surface area contributed by atoms with E-state index < -0.39 is 6.04 Å². The maximum absolute atomic E-state index is 12.7. The van der Waals surface area contributed by atoms with Gasteiger partial charge in [-0.25, -0.2) is 0 Å². The third-order valence-electron chi connectivity index (χ3n) is 4.67. The number of carbonyl (C=O) groups is 1. The number of carbonyl (C=O) groups excluding carboxylic acids is 1. The molecule has 0 unspecified atom stereocenters. The lowest BCUT2D eigenvalue weighted by Crippen LogP contribution is -2.33. The molecule has 156 valence electrons. The van der Waals surface area contributed by atoms with Crippen LogP contribution in [0.1, 0.15) is 23.1 Å². The molecule has 0 fully saturated rings. The highest BCUT2D eigenvalue weighted by Crippen LogP contribution is 2.26. The number of aromatic nitrogens is 2. The van der Waals surface area contributed by atoms with Gasteiger partial charge in [0.05, 0.1) is 0 Å². The minimum atomic E-state index is -0.643. The predicted octanol–water partition coefficient (Wildman–Crippen LogP) is 4.98. The summed E-state index contributed by atoms with van der Waals surface area (Å²) < 4.78 is 11.6. The second kappa shape index (κ2) is 9.45. The average Bonchev–Trinajstić information content (AvgIpc) is 3.28. The molecule has 0 saturated carbocycles. The van der Waals surface area contributed by atoms with Crippen molar-refractivity contribution >= 4 is 17.5 Å². The van der Waals surface area contributed by atoms with Crippen LogP contribution in [-0.2, 0) is 4.79 Å². The van der Waals surface area contributed by atoms with E-state index in [-0.39, 0.29) is 18.4 Å². The van der Waals surface area contributed by atoms with E-state index in [9.17, 15) is 4.79 Å². The van der Waals surface area contributed by atoms with Crippen LogP contribution in [-0.4, -0.2) is 22.7 Å². The number of nitrogens with one attached hydrogen (secondary N) is 1. The Morgan fingerprint density at radius 1 is 1.00 bits per heavy atom. The third kappa shape index (κ3) is 5.10. The van der Waals surface area contributed by atoms with Crippen LogP contribution in [0.3, 0.4) is 0 Å². The number of amides is 1. The van der Waals surface area contributed by atoms with Crippen molar-refractivity contribution in [3.8, 4) is 17.2 Å². The van der Waals surface area contributed by atoms with Crippen molar-refractivity contribution in [3.05, 3.63) is 101 Å². The molecule has 6 nitrogen and oxygen atoms in total. The van der Waals surface area contributed by atoms with Crippen molar-refractivity contribution in [2.75, 3.05) is 6.61 Å². The number of aryl methyl sites for hydroxylation is 1. The predicted molar refractivity (Wildman–Crippen MR) is 118 cm³/mol. The van der Waals surface area contributed by atoms with Crippen LogP contribution < -0.4 is 10.1 Å². The van der Waals surface area contributed by atoms with Gasteiger partial charge in [0.25, 0.3) is 5.91 Å². The van der Waals surface area contributed by atoms with Gasteiger partial charge in [-0.15, -0.1) is 10.2 Å². The summed E-state index contributed by atoms with van der Waals surface area (Å²) in [6.07, 6.45) is 0. The Bertz CT molecular complexity index is 1160. The fraction of sp³-hybridized carbons (Fsp3) is 0.125. The average molecular weight is 434 g/mol. The Morgan fingerprint density at radius 2 is 1.71 bits per heavy atom. The van der Waals surface area contributed by atoms with Crippen LogP contribution in [0.5, 0.6) is 5.75 Å². The van der Waals surface area contributed by atoms with E-state index in [2.05, 4.69) is 15.5 Å². The zero-order chi connectivity index (χ0) is 21.6. The molecule has 4 rings (SSSR count). The first-order chi connectivity index (χ1) is 15.1. The molecule has 1 heterocycles. The van der Waals surface area contributed by atoms with Gasteiger partial charge >= 0.3 is 0 Å². The van der Waals surface area contributed by atoms with Gasteiger partial charge in [0.15, 0.2) is 6.61 Å². The van der Waals surface area contributed by atoms with Crippen molar-refractivity contribution < 1.29 is 13.9 Å². The summed E-state index contributed by atoms with van der Waals surface area (Å²) in [5.74, 6) is 0.984. The van der Waals surface area contributed by atoms with E-state index in [4.69, 9.17) is 20.8 Å². The lowest BCUT2D eigenvalue weighted by molar-refractivity contribution is -0.123. The van der Waals surface area contributed by atoms with Gasteiger partial charge < -0.3 is 14.5 Å². The van der Waals surface area contributed by atoms with E-state index in [0.717, 1.165) is 16.7 Å². The summed E-state index contributed by atoms with van der Waals surface area (Å²) in [5, 5.41) is 11.8. The van der Waals surface area contributed by atoms with Crippen molar-refractivity contribution in [1.82, 2.24) is 15.5 Å². The lowest BCUT2D eigenvalue weighted by atomic mass is 10.1. The second-order valence-corrected chi connectivity index (χ2v) is 7.35. The number of hydrogen-bond acceptors (Lipinski definition) is 5. The van der Waals surface area contributed by atoms with Gasteiger partial charge in [-0.05, 0) is 48.4 Å². The van der Waals surface area contributed by atoms with Crippen LogP contribution >= 0.6 is 11.6 Å². The number of rotatable bonds is 7.